The summed E-state index contributed by atoms with van der Waals surface area (Å²) < 4.78 is 0. The molecule has 6 heteroatoms. The Hall–Kier alpha value is -2.37. The quantitative estimate of drug-likeness (QED) is 0.699. The summed E-state index contributed by atoms with van der Waals surface area (Å²) in [5, 5.41) is 5.64. The van der Waals surface area contributed by atoms with E-state index in [1.54, 1.807) is 29.2 Å². The van der Waals surface area contributed by atoms with Gasteiger partial charge in [-0.15, -0.1) is 0 Å². The van der Waals surface area contributed by atoms with Crippen molar-refractivity contribution >= 4 is 23.4 Å². The molecule has 6 nitrogen and oxygen atoms in total. The Balaban J connectivity index is 2.60. The molecule has 0 radical (unpaired) electrons. The first-order valence-electron chi connectivity index (χ1n) is 9.17. The van der Waals surface area contributed by atoms with Crippen molar-refractivity contribution in [3.63, 3.8) is 0 Å². The number of hydrogen-bond acceptors (Lipinski definition) is 3. The first-order chi connectivity index (χ1) is 12.2. The van der Waals surface area contributed by atoms with Crippen LogP contribution in [0.25, 0.3) is 0 Å². The van der Waals surface area contributed by atoms with Crippen LogP contribution in [0, 0.1) is 5.41 Å². The number of nitrogens with zero attached hydrogens (tertiary/aromatic N) is 1. The molecule has 0 saturated heterocycles. The number of amides is 3. The highest BCUT2D eigenvalue weighted by Crippen LogP contribution is 2.18. The number of carbonyl (C=O) groups excluding carboxylic acids is 3. The van der Waals surface area contributed by atoms with Gasteiger partial charge in [0.15, 0.2) is 0 Å². The topological polar surface area (TPSA) is 78.5 Å². The number of nitrogens with one attached hydrogen (secondary N) is 2. The van der Waals surface area contributed by atoms with Gasteiger partial charge in [0, 0.05) is 31.5 Å². The Morgan fingerprint density at radius 3 is 2.23 bits per heavy atom. The fourth-order valence-corrected chi connectivity index (χ4v) is 2.39. The van der Waals surface area contributed by atoms with Crippen LogP contribution in [0.1, 0.15) is 57.8 Å². The van der Waals surface area contributed by atoms with E-state index in [1.165, 1.54) is 0 Å². The first kappa shape index (κ1) is 21.7. The third kappa shape index (κ3) is 6.50. The molecule has 0 aromatic heterocycles. The second kappa shape index (κ2) is 9.94. The van der Waals surface area contributed by atoms with Gasteiger partial charge in [-0.1, -0.05) is 32.9 Å². The second-order valence-corrected chi connectivity index (χ2v) is 7.18. The summed E-state index contributed by atoms with van der Waals surface area (Å²) in [4.78, 5) is 38.3. The van der Waals surface area contributed by atoms with Gasteiger partial charge in [-0.2, -0.15) is 0 Å². The summed E-state index contributed by atoms with van der Waals surface area (Å²) in [5.41, 5.74) is 0.574. The van der Waals surface area contributed by atoms with Crippen LogP contribution in [-0.2, 0) is 9.59 Å². The van der Waals surface area contributed by atoms with Gasteiger partial charge in [0.05, 0.1) is 11.3 Å². The second-order valence-electron chi connectivity index (χ2n) is 7.18. The smallest absolute Gasteiger partial charge is 0.255 e. The van der Waals surface area contributed by atoms with E-state index in [1.807, 2.05) is 34.6 Å². The molecule has 2 N–H and O–H groups in total. The first-order valence-corrected chi connectivity index (χ1v) is 9.17. The average Bonchev–Trinajstić information content (AvgIpc) is 2.59. The Morgan fingerprint density at radius 1 is 1.04 bits per heavy atom. The fourth-order valence-electron chi connectivity index (χ4n) is 2.39. The van der Waals surface area contributed by atoms with Crippen molar-refractivity contribution in [3.8, 4) is 0 Å². The Kier molecular flexibility index (Phi) is 8.29. The number of rotatable bonds is 8. The van der Waals surface area contributed by atoms with Crippen molar-refractivity contribution in [2.24, 2.45) is 5.41 Å². The van der Waals surface area contributed by atoms with Gasteiger partial charge in [0.1, 0.15) is 0 Å². The molecule has 0 atom stereocenters. The zero-order valence-corrected chi connectivity index (χ0v) is 16.5. The summed E-state index contributed by atoms with van der Waals surface area (Å²) in [6, 6.07) is 7.03. The van der Waals surface area contributed by atoms with E-state index in [2.05, 4.69) is 10.6 Å². The van der Waals surface area contributed by atoms with Crippen LogP contribution >= 0.6 is 0 Å². The number of para-hydroxylation sites is 1. The molecule has 0 fully saturated rings. The number of benzene rings is 1. The molecule has 0 aliphatic heterocycles. The molecule has 3 amide bonds. The summed E-state index contributed by atoms with van der Waals surface area (Å²) in [6.45, 7) is 11.1. The lowest BCUT2D eigenvalue weighted by atomic mass is 9.96. The van der Waals surface area contributed by atoms with Gasteiger partial charge in [-0.3, -0.25) is 14.4 Å². The molecule has 26 heavy (non-hydrogen) atoms. The van der Waals surface area contributed by atoms with E-state index in [0.717, 1.165) is 0 Å². The monoisotopic (exact) mass is 361 g/mol. The van der Waals surface area contributed by atoms with Crippen molar-refractivity contribution in [1.82, 2.24) is 10.2 Å². The fraction of sp³-hybridized carbons (Fsp3) is 0.550. The van der Waals surface area contributed by atoms with E-state index < -0.39 is 5.41 Å². The molecule has 1 aromatic rings. The van der Waals surface area contributed by atoms with Crippen LogP contribution in [-0.4, -0.2) is 42.3 Å². The lowest BCUT2D eigenvalue weighted by Crippen LogP contribution is -2.35. The van der Waals surface area contributed by atoms with Crippen LogP contribution in [0.3, 0.4) is 0 Å². The predicted octanol–water partition coefficient (Wildman–Crippen LogP) is 3.05. The van der Waals surface area contributed by atoms with Crippen LogP contribution < -0.4 is 10.6 Å². The van der Waals surface area contributed by atoms with Gasteiger partial charge in [0.2, 0.25) is 11.8 Å². The van der Waals surface area contributed by atoms with E-state index >= 15 is 0 Å². The minimum absolute atomic E-state index is 0.0342. The van der Waals surface area contributed by atoms with E-state index in [4.69, 9.17) is 0 Å². The molecule has 0 bridgehead atoms. The molecule has 0 aliphatic rings. The molecule has 0 unspecified atom stereocenters. The van der Waals surface area contributed by atoms with E-state index in [-0.39, 0.29) is 24.1 Å². The van der Waals surface area contributed by atoms with Gasteiger partial charge in [0.25, 0.3) is 5.91 Å². The SMILES string of the molecule is CCN(CC)C(=O)c1ccccc1NC(=O)CCCNC(=O)C(C)(C)C. The summed E-state index contributed by atoms with van der Waals surface area (Å²) in [6.07, 6.45) is 0.817. The zero-order valence-electron chi connectivity index (χ0n) is 16.5. The molecule has 0 aliphatic carbocycles. The lowest BCUT2D eigenvalue weighted by molar-refractivity contribution is -0.128. The number of hydrogen-bond donors (Lipinski definition) is 2. The maximum Gasteiger partial charge on any atom is 0.255 e. The lowest BCUT2D eigenvalue weighted by Gasteiger charge is -2.20. The zero-order chi connectivity index (χ0) is 19.7. The summed E-state index contributed by atoms with van der Waals surface area (Å²) in [5.74, 6) is -0.300. The minimum atomic E-state index is -0.439. The van der Waals surface area contributed by atoms with Crippen molar-refractivity contribution in [2.45, 2.75) is 47.5 Å². The summed E-state index contributed by atoms with van der Waals surface area (Å²) in [7, 11) is 0. The largest absolute Gasteiger partial charge is 0.356 e. The van der Waals surface area contributed by atoms with Crippen LogP contribution in [0.2, 0.25) is 0 Å². The number of carbonyl (C=O) groups is 3. The van der Waals surface area contributed by atoms with Gasteiger partial charge < -0.3 is 15.5 Å². The standard InChI is InChI=1S/C20H31N3O3/c1-6-23(7-2)18(25)15-11-8-9-12-16(15)22-17(24)13-10-14-21-19(26)20(3,4)5/h8-9,11-12H,6-7,10,13-14H2,1-5H3,(H,21,26)(H,22,24). The maximum atomic E-state index is 12.6. The van der Waals surface area contributed by atoms with E-state index in [9.17, 15) is 14.4 Å². The molecular formula is C20H31N3O3. The molecule has 1 rings (SSSR count). The van der Waals surface area contributed by atoms with E-state index in [0.29, 0.717) is 37.3 Å². The van der Waals surface area contributed by atoms with Crippen molar-refractivity contribution in [1.29, 1.82) is 0 Å². The maximum absolute atomic E-state index is 12.6. The minimum Gasteiger partial charge on any atom is -0.356 e. The molecule has 0 saturated carbocycles. The van der Waals surface area contributed by atoms with Crippen LogP contribution in [0.4, 0.5) is 5.69 Å². The predicted molar refractivity (Wildman–Crippen MR) is 104 cm³/mol. The molecule has 0 heterocycles. The van der Waals surface area contributed by atoms with Gasteiger partial charge >= 0.3 is 0 Å². The highest BCUT2D eigenvalue weighted by molar-refractivity contribution is 6.03. The third-order valence-corrected chi connectivity index (χ3v) is 4.03. The normalized spacial score (nSPS) is 11.0. The summed E-state index contributed by atoms with van der Waals surface area (Å²) >= 11 is 0. The van der Waals surface area contributed by atoms with Crippen LogP contribution in [0.15, 0.2) is 24.3 Å². The van der Waals surface area contributed by atoms with Gasteiger partial charge in [-0.05, 0) is 32.4 Å². The molecule has 0 spiro atoms. The third-order valence-electron chi connectivity index (χ3n) is 4.03. The van der Waals surface area contributed by atoms with Crippen molar-refractivity contribution < 1.29 is 14.4 Å². The van der Waals surface area contributed by atoms with Gasteiger partial charge in [-0.25, -0.2) is 0 Å². The molecule has 1 aromatic carbocycles. The Labute approximate surface area is 156 Å². The average molecular weight is 361 g/mol. The van der Waals surface area contributed by atoms with Crippen molar-refractivity contribution in [3.05, 3.63) is 29.8 Å². The highest BCUT2D eigenvalue weighted by atomic mass is 16.2. The molecule has 144 valence electrons. The Bertz CT molecular complexity index is 631. The van der Waals surface area contributed by atoms with Crippen molar-refractivity contribution in [2.75, 3.05) is 25.0 Å². The van der Waals surface area contributed by atoms with Crippen LogP contribution in [0.5, 0.6) is 0 Å². The highest BCUT2D eigenvalue weighted by Gasteiger charge is 2.20. The number of anilines is 1. The Morgan fingerprint density at radius 2 is 1.65 bits per heavy atom. The molecular weight excluding hydrogens is 330 g/mol.